The molecule has 1 aliphatic heterocycles. The second-order valence-electron chi connectivity index (χ2n) is 8.76. The number of amidine groups is 1. The number of nitrogens with zero attached hydrogens (tertiary/aromatic N) is 3. The molecule has 1 atom stereocenters. The summed E-state index contributed by atoms with van der Waals surface area (Å²) >= 11 is 0. The summed E-state index contributed by atoms with van der Waals surface area (Å²) in [5.74, 6) is -1.18. The summed E-state index contributed by atoms with van der Waals surface area (Å²) in [7, 11) is -3.62. The molecule has 0 radical (unpaired) electrons. The fourth-order valence-electron chi connectivity index (χ4n) is 4.55. The summed E-state index contributed by atoms with van der Waals surface area (Å²) in [6.07, 6.45) is 2.94. The van der Waals surface area contributed by atoms with E-state index in [1.807, 2.05) is 0 Å². The zero-order valence-electron chi connectivity index (χ0n) is 17.9. The zero-order valence-corrected chi connectivity index (χ0v) is 18.7. The summed E-state index contributed by atoms with van der Waals surface area (Å²) in [6.45, 7) is 10.3. The van der Waals surface area contributed by atoms with Crippen LogP contribution >= 0.6 is 0 Å². The number of aromatic nitrogens is 1. The van der Waals surface area contributed by atoms with E-state index in [2.05, 4.69) is 14.8 Å². The van der Waals surface area contributed by atoms with Crippen LogP contribution in [-0.2, 0) is 21.8 Å². The number of Topliss-reactive ketones (excluding diaryl/α,β-unsaturated/α-hetero) is 1. The maximum absolute atomic E-state index is 14.8. The number of benzene rings is 1. The van der Waals surface area contributed by atoms with Crippen LogP contribution in [0.1, 0.15) is 53.4 Å². The van der Waals surface area contributed by atoms with Crippen LogP contribution in [0.4, 0.5) is 10.1 Å². The van der Waals surface area contributed by atoms with E-state index in [9.17, 15) is 17.6 Å². The van der Waals surface area contributed by atoms with Gasteiger partial charge in [0, 0.05) is 18.2 Å². The molecule has 2 N–H and O–H groups in total. The Morgan fingerprint density at radius 3 is 2.59 bits per heavy atom. The molecule has 32 heavy (non-hydrogen) atoms. The Morgan fingerprint density at radius 2 is 2.03 bits per heavy atom. The Balaban J connectivity index is 1.68. The van der Waals surface area contributed by atoms with Crippen molar-refractivity contribution in [2.24, 2.45) is 10.7 Å². The molecule has 0 unspecified atom stereocenters. The normalized spacial score (nSPS) is 23.1. The Kier molecular flexibility index (Phi) is 5.17. The van der Waals surface area contributed by atoms with Gasteiger partial charge in [0.15, 0.2) is 15.6 Å². The number of aryl methyl sites for hydroxylation is 1. The van der Waals surface area contributed by atoms with E-state index in [0.29, 0.717) is 29.7 Å². The van der Waals surface area contributed by atoms with Crippen LogP contribution in [-0.4, -0.2) is 35.5 Å². The van der Waals surface area contributed by atoms with Crippen LogP contribution in [0.15, 0.2) is 35.5 Å². The molecule has 7 nitrogen and oxygen atoms in total. The van der Waals surface area contributed by atoms with E-state index in [1.165, 1.54) is 24.4 Å². The largest absolute Gasteiger partial charge is 0.386 e. The van der Waals surface area contributed by atoms with E-state index in [4.69, 9.17) is 12.3 Å². The van der Waals surface area contributed by atoms with E-state index < -0.39 is 25.9 Å². The van der Waals surface area contributed by atoms with Crippen molar-refractivity contribution in [3.05, 3.63) is 70.1 Å². The maximum Gasteiger partial charge on any atom is 0.205 e. The number of pyridine rings is 1. The van der Waals surface area contributed by atoms with Crippen LogP contribution in [0.2, 0.25) is 0 Å². The lowest BCUT2D eigenvalue weighted by molar-refractivity contribution is 0.0987. The van der Waals surface area contributed by atoms with E-state index in [1.54, 1.807) is 19.9 Å². The third-order valence-corrected chi connectivity index (χ3v) is 9.24. The minimum atomic E-state index is -3.62. The molecule has 166 valence electrons. The second kappa shape index (κ2) is 7.48. The average Bonchev–Trinajstić information content (AvgIpc) is 2.66. The molecule has 2 aliphatic rings. The fraction of sp³-hybridized carbons (Fsp3) is 0.391. The van der Waals surface area contributed by atoms with Gasteiger partial charge >= 0.3 is 0 Å². The summed E-state index contributed by atoms with van der Waals surface area (Å²) in [5, 5.41) is 0. The number of aliphatic imine (C=N–C) groups is 1. The van der Waals surface area contributed by atoms with E-state index in [-0.39, 0.29) is 35.0 Å². The minimum absolute atomic E-state index is 0.0399. The molecule has 2 aromatic rings. The molecule has 0 saturated heterocycles. The number of nitrogens with two attached hydrogens (primary N) is 1. The van der Waals surface area contributed by atoms with Crippen molar-refractivity contribution >= 4 is 27.1 Å². The van der Waals surface area contributed by atoms with Crippen molar-refractivity contribution in [2.75, 3.05) is 5.75 Å². The number of carbonyl (C=O) groups excluding carboxylic acids is 1. The molecule has 9 heteroatoms. The predicted octanol–water partition coefficient (Wildman–Crippen LogP) is 3.43. The molecule has 4 rings (SSSR count). The summed E-state index contributed by atoms with van der Waals surface area (Å²) in [4.78, 5) is 24.7. The first kappa shape index (κ1) is 22.1. The number of rotatable bonds is 4. The highest BCUT2D eigenvalue weighted by molar-refractivity contribution is 7.93. The molecule has 1 spiro atoms. The first-order chi connectivity index (χ1) is 15.0. The van der Waals surface area contributed by atoms with Gasteiger partial charge in [-0.15, -0.1) is 0 Å². The smallest absolute Gasteiger partial charge is 0.205 e. The van der Waals surface area contributed by atoms with Gasteiger partial charge in [-0.3, -0.25) is 14.8 Å². The first-order valence-electron chi connectivity index (χ1n) is 10.3. The van der Waals surface area contributed by atoms with Crippen molar-refractivity contribution in [2.45, 2.75) is 49.8 Å². The minimum Gasteiger partial charge on any atom is -0.386 e. The number of halogens is 1. The highest BCUT2D eigenvalue weighted by Gasteiger charge is 2.58. The Hall–Kier alpha value is -3.12. The van der Waals surface area contributed by atoms with Gasteiger partial charge in [-0.05, 0) is 62.4 Å². The standard InChI is InChI=1S/C23H23FN4O3S/c1-14-9-16(26-3)12-27-20(14)19(29)11-15-5-6-18(24)17(10-15)22(2)13-32(30,31)23(7-4-8-23)21(25)28-22/h5-6,9-10,12H,4,7-8,11,13H2,1-2H3,(H2,25,28)/t22-/m0/s1. The SMILES string of the molecule is [C-]#[N+]c1cnc(C(=O)Cc2ccc(F)c([C@]3(C)CS(=O)(=O)C4(CCC4)C(N)=N3)c2)c(C)c1. The van der Waals surface area contributed by atoms with Gasteiger partial charge in [0.1, 0.15) is 27.6 Å². The van der Waals surface area contributed by atoms with Crippen LogP contribution in [0.5, 0.6) is 0 Å². The number of ketones is 1. The summed E-state index contributed by atoms with van der Waals surface area (Å²) in [5.41, 5.74) is 6.51. The Morgan fingerprint density at radius 1 is 1.31 bits per heavy atom. The van der Waals surface area contributed by atoms with Crippen molar-refractivity contribution in [1.82, 2.24) is 4.98 Å². The quantitative estimate of drug-likeness (QED) is 0.563. The van der Waals surface area contributed by atoms with Gasteiger partial charge in [0.25, 0.3) is 0 Å². The second-order valence-corrected chi connectivity index (χ2v) is 11.1. The van der Waals surface area contributed by atoms with Crippen LogP contribution in [0.25, 0.3) is 4.85 Å². The molecule has 0 amide bonds. The molecule has 1 aromatic heterocycles. The van der Waals surface area contributed by atoms with Crippen LogP contribution < -0.4 is 5.73 Å². The van der Waals surface area contributed by atoms with Crippen LogP contribution in [0, 0.1) is 19.3 Å². The molecule has 0 bridgehead atoms. The third-order valence-electron chi connectivity index (χ3n) is 6.49. The van der Waals surface area contributed by atoms with Gasteiger partial charge in [0.05, 0.1) is 12.3 Å². The highest BCUT2D eigenvalue weighted by Crippen LogP contribution is 2.47. The van der Waals surface area contributed by atoms with Gasteiger partial charge < -0.3 is 5.73 Å². The number of carbonyl (C=O) groups is 1. The first-order valence-corrected chi connectivity index (χ1v) is 11.9. The lowest BCUT2D eigenvalue weighted by Crippen LogP contribution is -2.61. The lowest BCUT2D eigenvalue weighted by Gasteiger charge is -2.46. The number of hydrogen-bond donors (Lipinski definition) is 1. The van der Waals surface area contributed by atoms with Crippen molar-refractivity contribution < 1.29 is 17.6 Å². The molecular weight excluding hydrogens is 431 g/mol. The molecule has 1 fully saturated rings. The number of sulfone groups is 1. The lowest BCUT2D eigenvalue weighted by atomic mass is 9.82. The number of hydrogen-bond acceptors (Lipinski definition) is 6. The van der Waals surface area contributed by atoms with Gasteiger partial charge in [0.2, 0.25) is 5.69 Å². The highest BCUT2D eigenvalue weighted by atomic mass is 32.2. The molecule has 1 saturated carbocycles. The molecule has 1 aromatic carbocycles. The third kappa shape index (κ3) is 3.39. The summed E-state index contributed by atoms with van der Waals surface area (Å²) in [6, 6.07) is 5.78. The van der Waals surface area contributed by atoms with Crippen LogP contribution in [0.3, 0.4) is 0 Å². The van der Waals surface area contributed by atoms with E-state index >= 15 is 0 Å². The van der Waals surface area contributed by atoms with Gasteiger partial charge in [-0.25, -0.2) is 17.7 Å². The average molecular weight is 455 g/mol. The Bertz CT molecular complexity index is 1310. The summed E-state index contributed by atoms with van der Waals surface area (Å²) < 4.78 is 39.9. The van der Waals surface area contributed by atoms with Crippen molar-refractivity contribution in [1.29, 1.82) is 0 Å². The monoisotopic (exact) mass is 454 g/mol. The topological polar surface area (TPSA) is 107 Å². The molecule has 2 heterocycles. The predicted molar refractivity (Wildman–Crippen MR) is 119 cm³/mol. The molecular formula is C23H23FN4O3S. The zero-order chi connectivity index (χ0) is 23.3. The molecule has 1 aliphatic carbocycles. The van der Waals surface area contributed by atoms with Gasteiger partial charge in [-0.2, -0.15) is 0 Å². The van der Waals surface area contributed by atoms with Crippen molar-refractivity contribution in [3.8, 4) is 0 Å². The maximum atomic E-state index is 14.8. The fourth-order valence-corrected chi connectivity index (χ4v) is 7.06. The van der Waals surface area contributed by atoms with Crippen molar-refractivity contribution in [3.63, 3.8) is 0 Å². The van der Waals surface area contributed by atoms with Gasteiger partial charge in [-0.1, -0.05) is 6.07 Å². The van der Waals surface area contributed by atoms with E-state index in [0.717, 1.165) is 6.42 Å². The Labute approximate surface area is 186 Å².